The Labute approximate surface area is 148 Å². The van der Waals surface area contributed by atoms with Gasteiger partial charge in [0, 0.05) is 18.9 Å². The van der Waals surface area contributed by atoms with Crippen molar-refractivity contribution in [3.63, 3.8) is 0 Å². The normalized spacial score (nSPS) is 11.9. The van der Waals surface area contributed by atoms with Gasteiger partial charge in [-0.25, -0.2) is 4.21 Å². The van der Waals surface area contributed by atoms with Crippen molar-refractivity contribution < 1.29 is 8.95 Å². The van der Waals surface area contributed by atoms with E-state index in [1.807, 2.05) is 25.1 Å². The first kappa shape index (κ1) is 18.4. The quantitative estimate of drug-likeness (QED) is 0.820. The maximum absolute atomic E-state index is 12.2. The summed E-state index contributed by atoms with van der Waals surface area (Å²) in [4.78, 5) is 12.2. The van der Waals surface area contributed by atoms with Crippen LogP contribution in [0.3, 0.4) is 0 Å². The van der Waals surface area contributed by atoms with Crippen LogP contribution in [-0.4, -0.2) is 21.6 Å². The van der Waals surface area contributed by atoms with E-state index in [9.17, 15) is 9.00 Å². The number of nitrogens with zero attached hydrogens (tertiary/aromatic N) is 1. The van der Waals surface area contributed by atoms with Crippen molar-refractivity contribution in [2.45, 2.75) is 13.8 Å². The van der Waals surface area contributed by atoms with Gasteiger partial charge in [0.2, 0.25) is 0 Å². The summed E-state index contributed by atoms with van der Waals surface area (Å²) in [6, 6.07) is 6.89. The predicted molar refractivity (Wildman–Crippen MR) is 100 cm³/mol. The van der Waals surface area contributed by atoms with Crippen LogP contribution in [0.15, 0.2) is 29.1 Å². The molecule has 2 N–H and O–H groups in total. The molecule has 1 atom stereocenters. The van der Waals surface area contributed by atoms with Crippen LogP contribution in [-0.2, 0) is 18.0 Å². The van der Waals surface area contributed by atoms with E-state index < -0.39 is 11.0 Å². The van der Waals surface area contributed by atoms with Crippen LogP contribution < -0.4 is 20.3 Å². The number of ether oxygens (including phenoxy) is 1. The number of aryl methyl sites for hydroxylation is 1. The van der Waals surface area contributed by atoms with E-state index in [0.29, 0.717) is 33.7 Å². The standard InChI is InChI=1S/C16H20ClN3O3S/c1-5-24(22)19-15-13(23-4)9-14(21)20(3)16(15)18-12-7-6-10(2)8-11(12)17/h6-9,18-19H,5H2,1-4H3. The van der Waals surface area contributed by atoms with Crippen molar-refractivity contribution in [1.82, 2.24) is 4.57 Å². The first-order chi connectivity index (χ1) is 11.4. The van der Waals surface area contributed by atoms with Gasteiger partial charge < -0.3 is 10.1 Å². The number of nitrogens with one attached hydrogen (secondary N) is 2. The fourth-order valence-electron chi connectivity index (χ4n) is 2.12. The summed E-state index contributed by atoms with van der Waals surface area (Å²) in [5.74, 6) is 1.15. The molecule has 0 bridgehead atoms. The van der Waals surface area contributed by atoms with Gasteiger partial charge in [-0.15, -0.1) is 0 Å². The number of anilines is 3. The van der Waals surface area contributed by atoms with Gasteiger partial charge in [-0.2, -0.15) is 0 Å². The number of benzene rings is 1. The van der Waals surface area contributed by atoms with Gasteiger partial charge in [-0.05, 0) is 24.6 Å². The number of halogens is 1. The highest BCUT2D eigenvalue weighted by molar-refractivity contribution is 7.86. The Hall–Kier alpha value is -1.99. The van der Waals surface area contributed by atoms with E-state index >= 15 is 0 Å². The Morgan fingerprint density at radius 1 is 1.33 bits per heavy atom. The molecule has 2 rings (SSSR count). The van der Waals surface area contributed by atoms with Gasteiger partial charge in [-0.1, -0.05) is 24.6 Å². The molecule has 0 amide bonds. The van der Waals surface area contributed by atoms with Gasteiger partial charge in [0.05, 0.1) is 17.8 Å². The molecule has 2 aromatic rings. The van der Waals surface area contributed by atoms with Crippen LogP contribution in [0.1, 0.15) is 12.5 Å². The highest BCUT2D eigenvalue weighted by Gasteiger charge is 2.17. The molecule has 0 aliphatic rings. The van der Waals surface area contributed by atoms with E-state index in [1.165, 1.54) is 17.7 Å². The van der Waals surface area contributed by atoms with E-state index in [1.54, 1.807) is 14.0 Å². The Kier molecular flexibility index (Phi) is 5.90. The minimum absolute atomic E-state index is 0.259. The highest BCUT2D eigenvalue weighted by Crippen LogP contribution is 2.35. The lowest BCUT2D eigenvalue weighted by Crippen LogP contribution is -2.22. The predicted octanol–water partition coefficient (Wildman–Crippen LogP) is 3.19. The van der Waals surface area contributed by atoms with Crippen molar-refractivity contribution >= 4 is 39.8 Å². The van der Waals surface area contributed by atoms with Crippen LogP contribution in [0.4, 0.5) is 17.2 Å². The molecule has 1 unspecified atom stereocenters. The first-order valence-electron chi connectivity index (χ1n) is 7.33. The summed E-state index contributed by atoms with van der Waals surface area (Å²) < 4.78 is 21.5. The van der Waals surface area contributed by atoms with Crippen LogP contribution >= 0.6 is 11.6 Å². The third-order valence-corrected chi connectivity index (χ3v) is 4.75. The van der Waals surface area contributed by atoms with Crippen LogP contribution in [0, 0.1) is 6.92 Å². The molecular weight excluding hydrogens is 350 g/mol. The van der Waals surface area contributed by atoms with Crippen molar-refractivity contribution in [2.24, 2.45) is 7.05 Å². The highest BCUT2D eigenvalue weighted by atomic mass is 35.5. The lowest BCUT2D eigenvalue weighted by atomic mass is 10.2. The van der Waals surface area contributed by atoms with Crippen LogP contribution in [0.25, 0.3) is 0 Å². The third kappa shape index (κ3) is 3.91. The average molecular weight is 370 g/mol. The molecule has 1 heterocycles. The third-order valence-electron chi connectivity index (χ3n) is 3.48. The van der Waals surface area contributed by atoms with E-state index in [4.69, 9.17) is 16.3 Å². The molecule has 130 valence electrons. The molecule has 1 aromatic carbocycles. The van der Waals surface area contributed by atoms with Crippen molar-refractivity contribution in [1.29, 1.82) is 0 Å². The Morgan fingerprint density at radius 2 is 2.04 bits per heavy atom. The second-order valence-electron chi connectivity index (χ2n) is 5.18. The second-order valence-corrected chi connectivity index (χ2v) is 7.06. The first-order valence-corrected chi connectivity index (χ1v) is 9.03. The number of hydrogen-bond acceptors (Lipinski definition) is 4. The topological polar surface area (TPSA) is 72.4 Å². The molecule has 0 fully saturated rings. The zero-order chi connectivity index (χ0) is 17.9. The number of rotatable bonds is 6. The molecule has 0 aliphatic heterocycles. The molecule has 8 heteroatoms. The number of pyridine rings is 1. The summed E-state index contributed by atoms with van der Waals surface area (Å²) in [5, 5.41) is 3.66. The zero-order valence-corrected chi connectivity index (χ0v) is 15.5. The largest absolute Gasteiger partial charge is 0.494 e. The Bertz CT molecular complexity index is 836. The minimum Gasteiger partial charge on any atom is -0.494 e. The van der Waals surface area contributed by atoms with E-state index in [-0.39, 0.29) is 5.56 Å². The monoisotopic (exact) mass is 369 g/mol. The SMILES string of the molecule is CCS(=O)Nc1c(OC)cc(=O)n(C)c1Nc1ccc(C)cc1Cl. The van der Waals surface area contributed by atoms with Crippen molar-refractivity contribution in [3.8, 4) is 5.75 Å². The lowest BCUT2D eigenvalue weighted by Gasteiger charge is -2.19. The zero-order valence-electron chi connectivity index (χ0n) is 14.0. The van der Waals surface area contributed by atoms with E-state index in [2.05, 4.69) is 10.0 Å². The molecule has 0 saturated carbocycles. The summed E-state index contributed by atoms with van der Waals surface area (Å²) in [5.41, 5.74) is 1.84. The second kappa shape index (κ2) is 7.72. The summed E-state index contributed by atoms with van der Waals surface area (Å²) in [6.45, 7) is 3.73. The Balaban J connectivity index is 2.59. The fourth-order valence-corrected chi connectivity index (χ4v) is 2.97. The smallest absolute Gasteiger partial charge is 0.255 e. The average Bonchev–Trinajstić information content (AvgIpc) is 2.55. The molecule has 6 nitrogen and oxygen atoms in total. The van der Waals surface area contributed by atoms with Gasteiger partial charge >= 0.3 is 0 Å². The fraction of sp³-hybridized carbons (Fsp3) is 0.312. The molecule has 0 saturated heterocycles. The van der Waals surface area contributed by atoms with Crippen LogP contribution in [0.5, 0.6) is 5.75 Å². The molecule has 1 aromatic heterocycles. The Morgan fingerprint density at radius 3 is 2.62 bits per heavy atom. The lowest BCUT2D eigenvalue weighted by molar-refractivity contribution is 0.415. The van der Waals surface area contributed by atoms with Crippen LogP contribution in [0.2, 0.25) is 5.02 Å². The van der Waals surface area contributed by atoms with Gasteiger partial charge in [0.1, 0.15) is 22.5 Å². The maximum atomic E-state index is 12.2. The number of hydrogen-bond donors (Lipinski definition) is 2. The van der Waals surface area contributed by atoms with Gasteiger partial charge in [0.25, 0.3) is 5.56 Å². The van der Waals surface area contributed by atoms with Gasteiger partial charge in [-0.3, -0.25) is 14.1 Å². The minimum atomic E-state index is -1.30. The van der Waals surface area contributed by atoms with Crippen molar-refractivity contribution in [2.75, 3.05) is 22.9 Å². The molecule has 0 aliphatic carbocycles. The van der Waals surface area contributed by atoms with E-state index in [0.717, 1.165) is 5.56 Å². The number of methoxy groups -OCH3 is 1. The number of aromatic nitrogens is 1. The summed E-state index contributed by atoms with van der Waals surface area (Å²) >= 11 is 6.27. The molecule has 0 spiro atoms. The molecule has 24 heavy (non-hydrogen) atoms. The molecule has 0 radical (unpaired) electrons. The van der Waals surface area contributed by atoms with Gasteiger partial charge in [0.15, 0.2) is 5.75 Å². The summed E-state index contributed by atoms with van der Waals surface area (Å²) in [7, 11) is 1.77. The summed E-state index contributed by atoms with van der Waals surface area (Å²) in [6.07, 6.45) is 0. The molecular formula is C16H20ClN3O3S. The van der Waals surface area contributed by atoms with Crippen molar-refractivity contribution in [3.05, 3.63) is 45.2 Å². The maximum Gasteiger partial charge on any atom is 0.255 e.